The average Bonchev–Trinajstić information content (AvgIpc) is 2.58. The number of hydrogen-bond donors (Lipinski definition) is 0. The van der Waals surface area contributed by atoms with Crippen LogP contribution in [0.5, 0.6) is 0 Å². The molecule has 0 saturated heterocycles. The van der Waals surface area contributed by atoms with Crippen LogP contribution in [0.15, 0.2) is 36.5 Å². The molecule has 0 saturated carbocycles. The van der Waals surface area contributed by atoms with Crippen LogP contribution in [-0.4, -0.2) is 4.98 Å². The van der Waals surface area contributed by atoms with Crippen molar-refractivity contribution in [2.75, 3.05) is 0 Å². The third kappa shape index (κ3) is 2.49. The van der Waals surface area contributed by atoms with Gasteiger partial charge in [-0.3, -0.25) is 0 Å². The van der Waals surface area contributed by atoms with Crippen LogP contribution in [0.1, 0.15) is 0 Å². The van der Waals surface area contributed by atoms with E-state index < -0.39 is 0 Å². The molecule has 1 aromatic carbocycles. The molecule has 0 aliphatic heterocycles. The number of rotatable bonds is 1. The quantitative estimate of drug-likeness (QED) is 0.450. The van der Waals surface area contributed by atoms with Crippen LogP contribution in [0.3, 0.4) is 0 Å². The minimum Gasteiger partial charge on any atom is -0.359 e. The van der Waals surface area contributed by atoms with Gasteiger partial charge in [-0.2, -0.15) is 5.38 Å². The van der Waals surface area contributed by atoms with Crippen LogP contribution in [0, 0.1) is 5.38 Å². The molecule has 0 spiro atoms. The summed E-state index contributed by atoms with van der Waals surface area (Å²) in [5.41, 5.74) is 1.17. The molecule has 3 heteroatoms. The maximum Gasteiger partial charge on any atom is 1.00 e. The Morgan fingerprint density at radius 1 is 1.17 bits per heavy atom. The van der Waals surface area contributed by atoms with Crippen molar-refractivity contribution in [3.8, 4) is 10.6 Å². The smallest absolute Gasteiger partial charge is 0.359 e. The standard InChI is InChI=1S/C9H6NS.K/c1-2-4-8(5-3-1)9-10-6-7-11-9;/h1-6H;/q-1;+1. The summed E-state index contributed by atoms with van der Waals surface area (Å²) in [4.78, 5) is 4.15. The largest absolute Gasteiger partial charge is 1.00 e. The zero-order valence-electron chi connectivity index (χ0n) is 6.82. The van der Waals surface area contributed by atoms with Gasteiger partial charge in [-0.25, -0.2) is 0 Å². The molecule has 1 aromatic heterocycles. The van der Waals surface area contributed by atoms with Crippen LogP contribution in [-0.2, 0) is 0 Å². The van der Waals surface area contributed by atoms with Crippen molar-refractivity contribution in [3.63, 3.8) is 0 Å². The summed E-state index contributed by atoms with van der Waals surface area (Å²) in [6.07, 6.45) is 1.70. The van der Waals surface area contributed by atoms with E-state index in [1.807, 2.05) is 30.3 Å². The van der Waals surface area contributed by atoms with Crippen molar-refractivity contribution in [2.45, 2.75) is 0 Å². The fraction of sp³-hybridized carbons (Fsp3) is 0. The molecule has 2 aromatic rings. The van der Waals surface area contributed by atoms with Gasteiger partial charge in [-0.15, -0.1) is 0 Å². The molecular formula is C9H6KNS. The summed E-state index contributed by atoms with van der Waals surface area (Å²) in [7, 11) is 0. The minimum absolute atomic E-state index is 0. The van der Waals surface area contributed by atoms with Gasteiger partial charge in [0.25, 0.3) is 0 Å². The number of hydrogen-bond acceptors (Lipinski definition) is 2. The number of nitrogens with zero attached hydrogens (tertiary/aromatic N) is 1. The van der Waals surface area contributed by atoms with E-state index in [1.165, 1.54) is 16.9 Å². The molecule has 0 aliphatic rings. The topological polar surface area (TPSA) is 12.9 Å². The number of benzene rings is 1. The summed E-state index contributed by atoms with van der Waals surface area (Å²) in [5.74, 6) is 0. The molecule has 0 atom stereocenters. The van der Waals surface area contributed by atoms with Gasteiger partial charge in [0.15, 0.2) is 0 Å². The first kappa shape index (κ1) is 10.6. The summed E-state index contributed by atoms with van der Waals surface area (Å²) in [6.45, 7) is 0. The van der Waals surface area contributed by atoms with Crippen LogP contribution >= 0.6 is 11.3 Å². The number of aromatic nitrogens is 1. The Morgan fingerprint density at radius 3 is 2.50 bits per heavy atom. The van der Waals surface area contributed by atoms with E-state index in [0.717, 1.165) is 5.01 Å². The second kappa shape index (κ2) is 5.27. The van der Waals surface area contributed by atoms with Gasteiger partial charge >= 0.3 is 51.4 Å². The van der Waals surface area contributed by atoms with Crippen molar-refractivity contribution in [1.82, 2.24) is 4.98 Å². The van der Waals surface area contributed by atoms with E-state index in [0.29, 0.717) is 0 Å². The summed E-state index contributed by atoms with van der Waals surface area (Å²) < 4.78 is 0. The second-order valence-electron chi connectivity index (χ2n) is 2.15. The SMILES string of the molecule is [K+].[c-]1cnc(-c2ccccc2)s1. The van der Waals surface area contributed by atoms with Gasteiger partial charge in [0.2, 0.25) is 0 Å². The number of thiazole rings is 1. The van der Waals surface area contributed by atoms with Gasteiger partial charge in [0.05, 0.1) is 0 Å². The second-order valence-corrected chi connectivity index (χ2v) is 2.98. The van der Waals surface area contributed by atoms with E-state index >= 15 is 0 Å². The molecule has 0 unspecified atom stereocenters. The molecule has 0 bridgehead atoms. The van der Waals surface area contributed by atoms with E-state index in [2.05, 4.69) is 10.4 Å². The van der Waals surface area contributed by atoms with Crippen LogP contribution in [0.4, 0.5) is 0 Å². The molecular weight excluding hydrogens is 193 g/mol. The summed E-state index contributed by atoms with van der Waals surface area (Å²) >= 11 is 1.54. The average molecular weight is 199 g/mol. The first-order valence-electron chi connectivity index (χ1n) is 3.34. The first-order valence-corrected chi connectivity index (χ1v) is 4.16. The predicted molar refractivity (Wildman–Crippen MR) is 46.4 cm³/mol. The molecule has 0 amide bonds. The van der Waals surface area contributed by atoms with Gasteiger partial charge in [0.1, 0.15) is 0 Å². The zero-order valence-corrected chi connectivity index (χ0v) is 10.8. The fourth-order valence-corrected chi connectivity index (χ4v) is 1.48. The predicted octanol–water partition coefficient (Wildman–Crippen LogP) is -0.386. The fourth-order valence-electron chi connectivity index (χ4n) is 0.908. The Kier molecular flexibility index (Phi) is 4.64. The van der Waals surface area contributed by atoms with Crippen molar-refractivity contribution in [3.05, 3.63) is 41.9 Å². The van der Waals surface area contributed by atoms with E-state index in [-0.39, 0.29) is 51.4 Å². The zero-order chi connectivity index (χ0) is 7.52. The van der Waals surface area contributed by atoms with Gasteiger partial charge < -0.3 is 16.3 Å². The normalized spacial score (nSPS) is 9.00. The van der Waals surface area contributed by atoms with Crippen molar-refractivity contribution in [2.24, 2.45) is 0 Å². The Bertz CT molecular complexity index is 318. The van der Waals surface area contributed by atoms with E-state index in [4.69, 9.17) is 0 Å². The van der Waals surface area contributed by atoms with Crippen molar-refractivity contribution < 1.29 is 51.4 Å². The van der Waals surface area contributed by atoms with E-state index in [1.54, 1.807) is 6.20 Å². The molecule has 0 radical (unpaired) electrons. The molecule has 0 fully saturated rings. The van der Waals surface area contributed by atoms with Gasteiger partial charge in [0, 0.05) is 0 Å². The maximum atomic E-state index is 4.15. The Labute approximate surface area is 118 Å². The monoisotopic (exact) mass is 199 g/mol. The Morgan fingerprint density at radius 2 is 1.92 bits per heavy atom. The van der Waals surface area contributed by atoms with Gasteiger partial charge in [-0.1, -0.05) is 42.1 Å². The van der Waals surface area contributed by atoms with Crippen molar-refractivity contribution in [1.29, 1.82) is 0 Å². The van der Waals surface area contributed by atoms with Crippen molar-refractivity contribution >= 4 is 11.3 Å². The van der Waals surface area contributed by atoms with Crippen LogP contribution < -0.4 is 51.4 Å². The molecule has 12 heavy (non-hydrogen) atoms. The molecule has 0 aliphatic carbocycles. The third-order valence-corrected chi connectivity index (χ3v) is 2.17. The van der Waals surface area contributed by atoms with E-state index in [9.17, 15) is 0 Å². The summed E-state index contributed by atoms with van der Waals surface area (Å²) in [6, 6.07) is 10.1. The molecule has 54 valence electrons. The Hall–Kier alpha value is 0.486. The first-order chi connectivity index (χ1) is 5.47. The third-order valence-electron chi connectivity index (χ3n) is 1.41. The van der Waals surface area contributed by atoms with Gasteiger partial charge in [-0.05, 0) is 5.01 Å². The van der Waals surface area contributed by atoms with Crippen LogP contribution in [0.25, 0.3) is 10.6 Å². The summed E-state index contributed by atoms with van der Waals surface area (Å²) in [5, 5.41) is 3.99. The Balaban J connectivity index is 0.000000720. The van der Waals surface area contributed by atoms with Crippen LogP contribution in [0.2, 0.25) is 0 Å². The molecule has 2 rings (SSSR count). The molecule has 1 heterocycles. The minimum atomic E-state index is 0. The molecule has 1 nitrogen and oxygen atoms in total. The maximum absolute atomic E-state index is 4.15. The molecule has 0 N–H and O–H groups in total.